The lowest BCUT2D eigenvalue weighted by Gasteiger charge is -2.12. The SMILES string of the molecule is CCCC(=O)Nc1ccc(C(=O)NNC(=S)NC(=O)c2ccc(OC)c(I)c2)cc1. The number of anilines is 1. The van der Waals surface area contributed by atoms with E-state index in [1.807, 2.05) is 6.92 Å². The summed E-state index contributed by atoms with van der Waals surface area (Å²) in [5.74, 6) is -0.286. The lowest BCUT2D eigenvalue weighted by atomic mass is 10.2. The van der Waals surface area contributed by atoms with E-state index in [0.29, 0.717) is 29.0 Å². The standard InChI is InChI=1S/C20H21IN4O4S/c1-3-4-17(26)22-14-8-5-12(6-9-14)19(28)24-25-20(30)23-18(27)13-7-10-16(29-2)15(21)11-13/h5-11H,3-4H2,1-2H3,(H,22,26)(H,24,28)(H2,23,25,27,30). The maximum Gasteiger partial charge on any atom is 0.269 e. The van der Waals surface area contributed by atoms with E-state index < -0.39 is 11.8 Å². The summed E-state index contributed by atoms with van der Waals surface area (Å²) >= 11 is 7.10. The van der Waals surface area contributed by atoms with Crippen molar-refractivity contribution in [1.82, 2.24) is 16.2 Å². The zero-order chi connectivity index (χ0) is 22.1. The summed E-state index contributed by atoms with van der Waals surface area (Å²) in [7, 11) is 1.55. The third-order valence-corrected chi connectivity index (χ3v) is 4.89. The Kier molecular flexibility index (Phi) is 8.99. The van der Waals surface area contributed by atoms with Crippen LogP contribution in [0.2, 0.25) is 0 Å². The molecule has 0 aliphatic heterocycles. The molecule has 0 heterocycles. The number of halogens is 1. The van der Waals surface area contributed by atoms with Gasteiger partial charge in [0.2, 0.25) is 5.91 Å². The van der Waals surface area contributed by atoms with Gasteiger partial charge in [-0.25, -0.2) is 0 Å². The molecule has 0 unspecified atom stereocenters. The molecule has 0 fully saturated rings. The van der Waals surface area contributed by atoms with Crippen LogP contribution in [0.15, 0.2) is 42.5 Å². The maximum absolute atomic E-state index is 12.3. The summed E-state index contributed by atoms with van der Waals surface area (Å²) in [5, 5.41) is 5.18. The molecule has 0 atom stereocenters. The van der Waals surface area contributed by atoms with Gasteiger partial charge in [0.15, 0.2) is 5.11 Å². The van der Waals surface area contributed by atoms with Gasteiger partial charge in [0, 0.05) is 23.2 Å². The Morgan fingerprint density at radius 2 is 1.67 bits per heavy atom. The average molecular weight is 540 g/mol. The van der Waals surface area contributed by atoms with Gasteiger partial charge in [-0.1, -0.05) is 6.92 Å². The van der Waals surface area contributed by atoms with E-state index in [2.05, 4.69) is 44.1 Å². The fraction of sp³-hybridized carbons (Fsp3) is 0.200. The van der Waals surface area contributed by atoms with E-state index in [0.717, 1.165) is 9.99 Å². The van der Waals surface area contributed by atoms with Crippen LogP contribution in [-0.2, 0) is 4.79 Å². The van der Waals surface area contributed by atoms with Gasteiger partial charge in [0.05, 0.1) is 10.7 Å². The second kappa shape index (κ2) is 11.5. The van der Waals surface area contributed by atoms with Crippen molar-refractivity contribution < 1.29 is 19.1 Å². The van der Waals surface area contributed by atoms with Crippen LogP contribution in [0, 0.1) is 3.57 Å². The van der Waals surface area contributed by atoms with Crippen LogP contribution in [-0.4, -0.2) is 29.9 Å². The summed E-state index contributed by atoms with van der Waals surface area (Å²) in [4.78, 5) is 36.1. The summed E-state index contributed by atoms with van der Waals surface area (Å²) in [6, 6.07) is 11.4. The van der Waals surface area contributed by atoms with Crippen molar-refractivity contribution in [2.24, 2.45) is 0 Å². The number of amides is 3. The normalized spacial score (nSPS) is 9.97. The van der Waals surface area contributed by atoms with Crippen LogP contribution >= 0.6 is 34.8 Å². The summed E-state index contributed by atoms with van der Waals surface area (Å²) in [6.07, 6.45) is 1.19. The third kappa shape index (κ3) is 6.95. The Morgan fingerprint density at radius 1 is 1.00 bits per heavy atom. The largest absolute Gasteiger partial charge is 0.496 e. The number of methoxy groups -OCH3 is 1. The van der Waals surface area contributed by atoms with E-state index in [4.69, 9.17) is 17.0 Å². The van der Waals surface area contributed by atoms with Crippen molar-refractivity contribution in [3.8, 4) is 5.75 Å². The molecule has 3 amide bonds. The fourth-order valence-corrected chi connectivity index (χ4v) is 3.23. The van der Waals surface area contributed by atoms with Crippen molar-refractivity contribution in [2.75, 3.05) is 12.4 Å². The molecule has 4 N–H and O–H groups in total. The molecule has 8 nitrogen and oxygen atoms in total. The van der Waals surface area contributed by atoms with Gasteiger partial charge in [-0.3, -0.25) is 30.6 Å². The number of ether oxygens (including phenoxy) is 1. The molecule has 10 heteroatoms. The van der Waals surface area contributed by atoms with Gasteiger partial charge >= 0.3 is 0 Å². The number of carbonyl (C=O) groups is 3. The number of rotatable bonds is 6. The van der Waals surface area contributed by atoms with Gasteiger partial charge in [-0.05, 0) is 83.7 Å². The Hall–Kier alpha value is -2.73. The zero-order valence-corrected chi connectivity index (χ0v) is 19.3. The second-order valence-electron chi connectivity index (χ2n) is 6.09. The summed E-state index contributed by atoms with van der Waals surface area (Å²) in [5.41, 5.74) is 6.26. The van der Waals surface area contributed by atoms with Gasteiger partial charge in [0.1, 0.15) is 5.75 Å². The maximum atomic E-state index is 12.3. The van der Waals surface area contributed by atoms with E-state index in [1.54, 1.807) is 49.6 Å². The average Bonchev–Trinajstić information content (AvgIpc) is 2.72. The van der Waals surface area contributed by atoms with Gasteiger partial charge < -0.3 is 10.1 Å². The molecule has 0 aliphatic carbocycles. The number of nitrogens with one attached hydrogen (secondary N) is 4. The first-order chi connectivity index (χ1) is 14.3. The number of hydrogen-bond donors (Lipinski definition) is 4. The summed E-state index contributed by atoms with van der Waals surface area (Å²) < 4.78 is 5.94. The highest BCUT2D eigenvalue weighted by Crippen LogP contribution is 2.21. The van der Waals surface area contributed by atoms with Crippen LogP contribution in [0.4, 0.5) is 5.69 Å². The highest BCUT2D eigenvalue weighted by molar-refractivity contribution is 14.1. The number of benzene rings is 2. The first-order valence-corrected chi connectivity index (χ1v) is 10.5. The predicted molar refractivity (Wildman–Crippen MR) is 126 cm³/mol. The molecule has 0 saturated heterocycles. The molecular formula is C20H21IN4O4S. The number of hydrogen-bond acceptors (Lipinski definition) is 5. The van der Waals surface area contributed by atoms with Crippen molar-refractivity contribution in [3.63, 3.8) is 0 Å². The number of carbonyl (C=O) groups excluding carboxylic acids is 3. The van der Waals surface area contributed by atoms with Crippen LogP contribution in [0.5, 0.6) is 5.75 Å². The third-order valence-electron chi connectivity index (χ3n) is 3.84. The topological polar surface area (TPSA) is 109 Å². The van der Waals surface area contributed by atoms with Gasteiger partial charge in [-0.15, -0.1) is 0 Å². The van der Waals surface area contributed by atoms with Crippen LogP contribution in [0.1, 0.15) is 40.5 Å². The molecule has 158 valence electrons. The lowest BCUT2D eigenvalue weighted by molar-refractivity contribution is -0.116. The summed E-state index contributed by atoms with van der Waals surface area (Å²) in [6.45, 7) is 1.92. The molecule has 2 aromatic carbocycles. The molecule has 0 saturated carbocycles. The van der Waals surface area contributed by atoms with Crippen LogP contribution in [0.3, 0.4) is 0 Å². The zero-order valence-electron chi connectivity index (χ0n) is 16.4. The fourth-order valence-electron chi connectivity index (χ4n) is 2.36. The van der Waals surface area contributed by atoms with Crippen molar-refractivity contribution >= 4 is 63.3 Å². The predicted octanol–water partition coefficient (Wildman–Crippen LogP) is 2.99. The molecule has 0 bridgehead atoms. The number of thiocarbonyl (C=S) groups is 1. The number of hydrazine groups is 1. The van der Waals surface area contributed by atoms with Crippen LogP contribution < -0.4 is 26.2 Å². The molecule has 0 aromatic heterocycles. The molecule has 2 rings (SSSR count). The molecule has 0 aliphatic rings. The minimum absolute atomic E-state index is 0.0531. The molecule has 0 radical (unpaired) electrons. The van der Waals surface area contributed by atoms with Crippen molar-refractivity contribution in [2.45, 2.75) is 19.8 Å². The van der Waals surface area contributed by atoms with Gasteiger partial charge in [-0.2, -0.15) is 0 Å². The lowest BCUT2D eigenvalue weighted by Crippen LogP contribution is -2.48. The van der Waals surface area contributed by atoms with Crippen molar-refractivity contribution in [1.29, 1.82) is 0 Å². The Labute approximate surface area is 193 Å². The van der Waals surface area contributed by atoms with E-state index >= 15 is 0 Å². The molecule has 30 heavy (non-hydrogen) atoms. The highest BCUT2D eigenvalue weighted by atomic mass is 127. The monoisotopic (exact) mass is 540 g/mol. The van der Waals surface area contributed by atoms with E-state index in [9.17, 15) is 14.4 Å². The minimum Gasteiger partial charge on any atom is -0.496 e. The first kappa shape index (κ1) is 23.5. The smallest absolute Gasteiger partial charge is 0.269 e. The Morgan fingerprint density at radius 3 is 2.27 bits per heavy atom. The van der Waals surface area contributed by atoms with Crippen LogP contribution in [0.25, 0.3) is 0 Å². The quantitative estimate of drug-likeness (QED) is 0.255. The van der Waals surface area contributed by atoms with Crippen molar-refractivity contribution in [3.05, 3.63) is 57.2 Å². The van der Waals surface area contributed by atoms with Gasteiger partial charge in [0.25, 0.3) is 11.8 Å². The molecule has 2 aromatic rings. The van der Waals surface area contributed by atoms with E-state index in [-0.39, 0.29) is 11.0 Å². The minimum atomic E-state index is -0.447. The molecule has 0 spiro atoms. The molecular weight excluding hydrogens is 519 g/mol. The highest BCUT2D eigenvalue weighted by Gasteiger charge is 2.12. The Balaban J connectivity index is 1.85. The first-order valence-electron chi connectivity index (χ1n) is 8.99. The van der Waals surface area contributed by atoms with E-state index in [1.165, 1.54) is 0 Å². The second-order valence-corrected chi connectivity index (χ2v) is 7.66. The Bertz CT molecular complexity index is 950.